The quantitative estimate of drug-likeness (QED) is 0.827. The van der Waals surface area contributed by atoms with Gasteiger partial charge in [-0.15, -0.1) is 0 Å². The first-order valence-electron chi connectivity index (χ1n) is 7.17. The number of carbonyl (C=O) groups is 1. The Kier molecular flexibility index (Phi) is 5.12. The van der Waals surface area contributed by atoms with Crippen LogP contribution in [-0.4, -0.2) is 12.4 Å². The van der Waals surface area contributed by atoms with Crippen LogP contribution in [-0.2, 0) is 6.54 Å². The summed E-state index contributed by atoms with van der Waals surface area (Å²) < 4.78 is 5.70. The van der Waals surface area contributed by atoms with Crippen molar-refractivity contribution in [2.45, 2.75) is 20.4 Å². The molecule has 0 radical (unpaired) electrons. The Bertz CT molecular complexity index is 606. The Hall–Kier alpha value is -2.13. The van der Waals surface area contributed by atoms with E-state index in [4.69, 9.17) is 10.5 Å². The maximum Gasteiger partial charge on any atom is 0.193 e. The highest BCUT2D eigenvalue weighted by Crippen LogP contribution is 2.21. The summed E-state index contributed by atoms with van der Waals surface area (Å²) in [5.74, 6) is 1.12. The average molecular weight is 283 g/mol. The molecule has 3 nitrogen and oxygen atoms in total. The Morgan fingerprint density at radius 1 is 1.14 bits per heavy atom. The molecule has 2 aromatic rings. The zero-order valence-corrected chi connectivity index (χ0v) is 12.5. The van der Waals surface area contributed by atoms with Crippen LogP contribution < -0.4 is 10.5 Å². The predicted octanol–water partition coefficient (Wildman–Crippen LogP) is 3.41. The lowest BCUT2D eigenvalue weighted by atomic mass is 9.98. The van der Waals surface area contributed by atoms with E-state index in [9.17, 15) is 4.79 Å². The predicted molar refractivity (Wildman–Crippen MR) is 84.5 cm³/mol. The number of ether oxygens (including phenoxy) is 1. The van der Waals surface area contributed by atoms with Gasteiger partial charge in [0.15, 0.2) is 5.78 Å². The Balaban J connectivity index is 2.32. The van der Waals surface area contributed by atoms with Gasteiger partial charge in [0, 0.05) is 17.7 Å². The monoisotopic (exact) mass is 283 g/mol. The van der Waals surface area contributed by atoms with Gasteiger partial charge in [0.05, 0.1) is 6.61 Å². The Morgan fingerprint density at radius 3 is 2.48 bits per heavy atom. The van der Waals surface area contributed by atoms with Crippen molar-refractivity contribution in [3.63, 3.8) is 0 Å². The minimum atomic E-state index is -0.0222. The molecule has 2 aromatic carbocycles. The van der Waals surface area contributed by atoms with Crippen LogP contribution in [0.2, 0.25) is 0 Å². The zero-order chi connectivity index (χ0) is 15.2. The molecule has 0 aliphatic heterocycles. The third-order valence-corrected chi connectivity index (χ3v) is 3.17. The molecule has 0 saturated carbocycles. The maximum atomic E-state index is 12.6. The van der Waals surface area contributed by atoms with Gasteiger partial charge in [-0.1, -0.05) is 50.2 Å². The minimum Gasteiger partial charge on any atom is -0.493 e. The van der Waals surface area contributed by atoms with Gasteiger partial charge in [-0.3, -0.25) is 4.79 Å². The van der Waals surface area contributed by atoms with Crippen LogP contribution >= 0.6 is 0 Å². The summed E-state index contributed by atoms with van der Waals surface area (Å²) in [7, 11) is 0. The third kappa shape index (κ3) is 3.92. The van der Waals surface area contributed by atoms with Crippen LogP contribution in [0.3, 0.4) is 0 Å². The summed E-state index contributed by atoms with van der Waals surface area (Å²) >= 11 is 0. The van der Waals surface area contributed by atoms with E-state index >= 15 is 0 Å². The van der Waals surface area contributed by atoms with Crippen molar-refractivity contribution < 1.29 is 9.53 Å². The molecule has 110 valence electrons. The lowest BCUT2D eigenvalue weighted by Crippen LogP contribution is -2.10. The summed E-state index contributed by atoms with van der Waals surface area (Å²) in [6.45, 7) is 5.13. The molecular weight excluding hydrogens is 262 g/mol. The van der Waals surface area contributed by atoms with Gasteiger partial charge >= 0.3 is 0 Å². The van der Waals surface area contributed by atoms with Gasteiger partial charge in [-0.25, -0.2) is 0 Å². The summed E-state index contributed by atoms with van der Waals surface area (Å²) in [6, 6.07) is 14.7. The largest absolute Gasteiger partial charge is 0.493 e. The van der Waals surface area contributed by atoms with Crippen LogP contribution in [0.5, 0.6) is 5.75 Å². The number of hydrogen-bond donors (Lipinski definition) is 1. The molecule has 2 N–H and O–H groups in total. The van der Waals surface area contributed by atoms with Crippen molar-refractivity contribution in [1.29, 1.82) is 0 Å². The Morgan fingerprint density at radius 2 is 1.86 bits per heavy atom. The molecule has 0 aliphatic rings. The van der Waals surface area contributed by atoms with E-state index in [1.165, 1.54) is 0 Å². The van der Waals surface area contributed by atoms with Gasteiger partial charge in [0.25, 0.3) is 0 Å². The van der Waals surface area contributed by atoms with Crippen molar-refractivity contribution in [2.24, 2.45) is 11.7 Å². The van der Waals surface area contributed by atoms with Crippen molar-refractivity contribution in [3.8, 4) is 5.75 Å². The van der Waals surface area contributed by atoms with Crippen LogP contribution in [0.15, 0.2) is 48.5 Å². The summed E-state index contributed by atoms with van der Waals surface area (Å²) in [5.41, 5.74) is 7.86. The highest BCUT2D eigenvalue weighted by atomic mass is 16.5. The van der Waals surface area contributed by atoms with E-state index in [0.29, 0.717) is 35.9 Å². The molecule has 0 heterocycles. The molecule has 0 bridgehead atoms. The molecular formula is C18H21NO2. The first-order valence-corrected chi connectivity index (χ1v) is 7.17. The van der Waals surface area contributed by atoms with E-state index in [1.807, 2.05) is 42.5 Å². The average Bonchev–Trinajstić information content (AvgIpc) is 2.52. The van der Waals surface area contributed by atoms with Crippen molar-refractivity contribution >= 4 is 5.78 Å². The number of benzene rings is 2. The van der Waals surface area contributed by atoms with Crippen LogP contribution in [0.4, 0.5) is 0 Å². The van der Waals surface area contributed by atoms with E-state index in [0.717, 1.165) is 5.56 Å². The molecule has 3 heteroatoms. The highest BCUT2D eigenvalue weighted by Gasteiger charge is 2.14. The fourth-order valence-corrected chi connectivity index (χ4v) is 2.04. The first kappa shape index (κ1) is 15.3. The summed E-state index contributed by atoms with van der Waals surface area (Å²) in [6.07, 6.45) is 0. The Labute approximate surface area is 125 Å². The molecule has 0 saturated heterocycles. The van der Waals surface area contributed by atoms with Gasteiger partial charge in [-0.05, 0) is 23.6 Å². The lowest BCUT2D eigenvalue weighted by molar-refractivity contribution is 0.103. The topological polar surface area (TPSA) is 52.3 Å². The maximum absolute atomic E-state index is 12.6. The van der Waals surface area contributed by atoms with Crippen LogP contribution in [0, 0.1) is 5.92 Å². The zero-order valence-electron chi connectivity index (χ0n) is 12.5. The molecule has 0 amide bonds. The van der Waals surface area contributed by atoms with E-state index in [2.05, 4.69) is 13.8 Å². The molecule has 0 spiro atoms. The second-order valence-corrected chi connectivity index (χ2v) is 5.42. The van der Waals surface area contributed by atoms with Gasteiger partial charge in [-0.2, -0.15) is 0 Å². The SMILES string of the molecule is CC(C)COc1ccc(CN)c(C(=O)c2ccccc2)c1. The van der Waals surface area contributed by atoms with Crippen LogP contribution in [0.25, 0.3) is 0 Å². The molecule has 21 heavy (non-hydrogen) atoms. The molecule has 0 fully saturated rings. The number of rotatable bonds is 6. The van der Waals surface area contributed by atoms with Gasteiger partial charge < -0.3 is 10.5 Å². The summed E-state index contributed by atoms with van der Waals surface area (Å²) in [4.78, 5) is 12.6. The highest BCUT2D eigenvalue weighted by molar-refractivity contribution is 6.10. The normalized spacial score (nSPS) is 10.7. The molecule has 0 aliphatic carbocycles. The second-order valence-electron chi connectivity index (χ2n) is 5.42. The van der Waals surface area contributed by atoms with E-state index in [-0.39, 0.29) is 5.78 Å². The van der Waals surface area contributed by atoms with Gasteiger partial charge in [0.1, 0.15) is 5.75 Å². The van der Waals surface area contributed by atoms with Crippen molar-refractivity contribution in [3.05, 3.63) is 65.2 Å². The van der Waals surface area contributed by atoms with Crippen molar-refractivity contribution in [2.75, 3.05) is 6.61 Å². The summed E-state index contributed by atoms with van der Waals surface area (Å²) in [5, 5.41) is 0. The third-order valence-electron chi connectivity index (χ3n) is 3.17. The standard InChI is InChI=1S/C18H21NO2/c1-13(2)12-21-16-9-8-15(11-19)17(10-16)18(20)14-6-4-3-5-7-14/h3-10,13H,11-12,19H2,1-2H3. The lowest BCUT2D eigenvalue weighted by Gasteiger charge is -2.12. The van der Waals surface area contributed by atoms with Gasteiger partial charge in [0.2, 0.25) is 0 Å². The molecule has 0 atom stereocenters. The van der Waals surface area contributed by atoms with E-state index < -0.39 is 0 Å². The molecule has 2 rings (SSSR count). The fourth-order valence-electron chi connectivity index (χ4n) is 2.04. The minimum absolute atomic E-state index is 0.0222. The molecule has 0 unspecified atom stereocenters. The number of carbonyl (C=O) groups excluding carboxylic acids is 1. The smallest absolute Gasteiger partial charge is 0.193 e. The molecule has 0 aromatic heterocycles. The number of hydrogen-bond acceptors (Lipinski definition) is 3. The number of ketones is 1. The first-order chi connectivity index (χ1) is 10.1. The number of nitrogens with two attached hydrogens (primary N) is 1. The van der Waals surface area contributed by atoms with Crippen molar-refractivity contribution in [1.82, 2.24) is 0 Å². The second kappa shape index (κ2) is 7.04. The fraction of sp³-hybridized carbons (Fsp3) is 0.278. The van der Waals surface area contributed by atoms with Crippen LogP contribution in [0.1, 0.15) is 35.3 Å². The van der Waals surface area contributed by atoms with E-state index in [1.54, 1.807) is 6.07 Å².